The quantitative estimate of drug-likeness (QED) is 0.379. The summed E-state index contributed by atoms with van der Waals surface area (Å²) < 4.78 is 0. The van der Waals surface area contributed by atoms with Gasteiger partial charge in [0.15, 0.2) is 5.96 Å². The number of aryl methyl sites for hydroxylation is 2. The third-order valence-corrected chi connectivity index (χ3v) is 4.47. The summed E-state index contributed by atoms with van der Waals surface area (Å²) in [7, 11) is 0. The van der Waals surface area contributed by atoms with E-state index in [9.17, 15) is 0 Å². The minimum atomic E-state index is 0. The number of guanidine groups is 1. The van der Waals surface area contributed by atoms with Gasteiger partial charge in [-0.05, 0) is 32.4 Å². The first kappa shape index (κ1) is 20.8. The monoisotopic (exact) mass is 459 g/mol. The highest BCUT2D eigenvalue weighted by atomic mass is 127. The molecule has 0 aliphatic rings. The van der Waals surface area contributed by atoms with Gasteiger partial charge in [0.05, 0.1) is 17.2 Å². The molecule has 2 heterocycles. The van der Waals surface area contributed by atoms with Gasteiger partial charge in [-0.25, -0.2) is 9.98 Å². The van der Waals surface area contributed by atoms with Crippen LogP contribution in [0.4, 0.5) is 0 Å². The fourth-order valence-corrected chi connectivity index (χ4v) is 2.97. The molecule has 2 aromatic rings. The van der Waals surface area contributed by atoms with Gasteiger partial charge in [-0.3, -0.25) is 4.98 Å². The summed E-state index contributed by atoms with van der Waals surface area (Å²) in [5.41, 5.74) is 2.00. The number of pyridine rings is 1. The zero-order valence-electron chi connectivity index (χ0n) is 14.5. The Kier molecular flexibility index (Phi) is 9.85. The van der Waals surface area contributed by atoms with Crippen LogP contribution in [0.5, 0.6) is 0 Å². The Bertz CT molecular complexity index is 641. The van der Waals surface area contributed by atoms with E-state index in [0.717, 1.165) is 43.3 Å². The molecular weight excluding hydrogens is 433 g/mol. The zero-order chi connectivity index (χ0) is 16.5. The van der Waals surface area contributed by atoms with E-state index >= 15 is 0 Å². The number of halogens is 1. The number of aliphatic imine (C=N–C) groups is 1. The van der Waals surface area contributed by atoms with Crippen molar-refractivity contribution >= 4 is 41.3 Å². The highest BCUT2D eigenvalue weighted by Gasteiger charge is 2.02. The molecule has 0 bridgehead atoms. The number of nitrogens with zero attached hydrogens (tertiary/aromatic N) is 3. The van der Waals surface area contributed by atoms with Crippen LogP contribution < -0.4 is 10.6 Å². The van der Waals surface area contributed by atoms with Crippen LogP contribution in [0.2, 0.25) is 0 Å². The van der Waals surface area contributed by atoms with Crippen molar-refractivity contribution in [1.82, 2.24) is 20.6 Å². The van der Waals surface area contributed by atoms with Gasteiger partial charge >= 0.3 is 0 Å². The molecule has 0 aliphatic heterocycles. The molecule has 0 spiro atoms. The van der Waals surface area contributed by atoms with E-state index in [-0.39, 0.29) is 24.0 Å². The summed E-state index contributed by atoms with van der Waals surface area (Å²) in [4.78, 5) is 14.8. The molecule has 2 rings (SSSR count). The van der Waals surface area contributed by atoms with E-state index in [1.165, 1.54) is 9.88 Å². The first-order valence-electron chi connectivity index (χ1n) is 8.09. The Morgan fingerprint density at radius 2 is 2.08 bits per heavy atom. The van der Waals surface area contributed by atoms with E-state index in [0.29, 0.717) is 6.54 Å². The lowest BCUT2D eigenvalue weighted by Crippen LogP contribution is -2.38. The lowest BCUT2D eigenvalue weighted by molar-refractivity contribution is 0.793. The molecule has 0 radical (unpaired) electrons. The number of rotatable bonds is 7. The summed E-state index contributed by atoms with van der Waals surface area (Å²) in [5, 5.41) is 7.80. The molecule has 132 valence electrons. The average Bonchev–Trinajstić information content (AvgIpc) is 3.01. The molecule has 7 heteroatoms. The van der Waals surface area contributed by atoms with Gasteiger partial charge in [-0.1, -0.05) is 13.0 Å². The molecule has 5 nitrogen and oxygen atoms in total. The molecule has 0 saturated carbocycles. The van der Waals surface area contributed by atoms with Gasteiger partial charge < -0.3 is 10.6 Å². The fraction of sp³-hybridized carbons (Fsp3) is 0.471. The first-order valence-corrected chi connectivity index (χ1v) is 8.91. The molecule has 0 saturated heterocycles. The van der Waals surface area contributed by atoms with Crippen LogP contribution in [0.3, 0.4) is 0 Å². The van der Waals surface area contributed by atoms with Gasteiger partial charge in [0.1, 0.15) is 0 Å². The Morgan fingerprint density at radius 1 is 1.25 bits per heavy atom. The second-order valence-corrected chi connectivity index (χ2v) is 6.42. The first-order chi connectivity index (χ1) is 11.2. The van der Waals surface area contributed by atoms with Crippen molar-refractivity contribution in [1.29, 1.82) is 0 Å². The maximum atomic E-state index is 4.59. The Morgan fingerprint density at radius 3 is 2.75 bits per heavy atom. The van der Waals surface area contributed by atoms with Crippen LogP contribution in [0.1, 0.15) is 35.1 Å². The molecule has 0 unspecified atom stereocenters. The summed E-state index contributed by atoms with van der Waals surface area (Å²) in [5.74, 6) is 0.822. The van der Waals surface area contributed by atoms with E-state index in [1.807, 2.05) is 31.3 Å². The zero-order valence-corrected chi connectivity index (χ0v) is 17.6. The van der Waals surface area contributed by atoms with Gasteiger partial charge in [-0.15, -0.1) is 35.3 Å². The van der Waals surface area contributed by atoms with E-state index in [2.05, 4.69) is 39.4 Å². The van der Waals surface area contributed by atoms with Crippen LogP contribution in [-0.2, 0) is 19.4 Å². The maximum Gasteiger partial charge on any atom is 0.191 e. The number of hydrogen-bond acceptors (Lipinski definition) is 4. The number of nitrogens with one attached hydrogen (secondary N) is 2. The molecule has 2 aromatic heterocycles. The lowest BCUT2D eigenvalue weighted by Gasteiger charge is -2.10. The predicted molar refractivity (Wildman–Crippen MR) is 112 cm³/mol. The van der Waals surface area contributed by atoms with Crippen LogP contribution in [0.25, 0.3) is 0 Å². The van der Waals surface area contributed by atoms with Crippen LogP contribution in [-0.4, -0.2) is 29.0 Å². The summed E-state index contributed by atoms with van der Waals surface area (Å²) in [6.07, 6.45) is 3.94. The molecule has 0 aromatic carbocycles. The van der Waals surface area contributed by atoms with Gasteiger partial charge in [0.25, 0.3) is 0 Å². The summed E-state index contributed by atoms with van der Waals surface area (Å²) in [6, 6.07) is 6.01. The molecule has 2 N–H and O–H groups in total. The third-order valence-electron chi connectivity index (χ3n) is 3.27. The molecule has 0 fully saturated rings. The average molecular weight is 459 g/mol. The van der Waals surface area contributed by atoms with Crippen molar-refractivity contribution in [3.05, 3.63) is 45.7 Å². The molecule has 0 amide bonds. The van der Waals surface area contributed by atoms with Gasteiger partial charge in [0.2, 0.25) is 0 Å². The molecule has 0 aliphatic carbocycles. The normalized spacial score (nSPS) is 11.0. The van der Waals surface area contributed by atoms with Gasteiger partial charge in [0, 0.05) is 36.3 Å². The summed E-state index contributed by atoms with van der Waals surface area (Å²) >= 11 is 1.79. The summed E-state index contributed by atoms with van der Waals surface area (Å²) in [6.45, 7) is 8.46. The SMILES string of the molecule is CCNC(=NCc1cccc(C)n1)NCCc1ncc(CC)s1.I. The van der Waals surface area contributed by atoms with Crippen molar-refractivity contribution in [2.75, 3.05) is 13.1 Å². The van der Waals surface area contributed by atoms with Crippen molar-refractivity contribution in [3.63, 3.8) is 0 Å². The second kappa shape index (κ2) is 11.4. The largest absolute Gasteiger partial charge is 0.357 e. The minimum Gasteiger partial charge on any atom is -0.357 e. The third kappa shape index (κ3) is 7.12. The van der Waals surface area contributed by atoms with Crippen molar-refractivity contribution in [2.45, 2.75) is 40.2 Å². The van der Waals surface area contributed by atoms with Crippen molar-refractivity contribution < 1.29 is 0 Å². The number of hydrogen-bond donors (Lipinski definition) is 2. The maximum absolute atomic E-state index is 4.59. The Hall–Kier alpha value is -1.22. The van der Waals surface area contributed by atoms with E-state index in [4.69, 9.17) is 0 Å². The topological polar surface area (TPSA) is 62.2 Å². The van der Waals surface area contributed by atoms with Gasteiger partial charge in [-0.2, -0.15) is 0 Å². The minimum absolute atomic E-state index is 0. The molecule has 0 atom stereocenters. The lowest BCUT2D eigenvalue weighted by atomic mass is 10.3. The standard InChI is InChI=1S/C17H25N5S.HI/c1-4-15-12-20-16(23-15)9-10-19-17(18-5-2)21-11-14-8-6-7-13(3)22-14;/h6-8,12H,4-5,9-11H2,1-3H3,(H2,18,19,21);1H. The van der Waals surface area contributed by atoms with E-state index in [1.54, 1.807) is 11.3 Å². The molecular formula is C17H26IN5S. The predicted octanol–water partition coefficient (Wildman–Crippen LogP) is 3.32. The van der Waals surface area contributed by atoms with E-state index < -0.39 is 0 Å². The number of aromatic nitrogens is 2. The smallest absolute Gasteiger partial charge is 0.191 e. The second-order valence-electron chi connectivity index (χ2n) is 5.22. The Balaban J connectivity index is 0.00000288. The fourth-order valence-electron chi connectivity index (χ4n) is 2.10. The van der Waals surface area contributed by atoms with Crippen LogP contribution in [0.15, 0.2) is 29.4 Å². The van der Waals surface area contributed by atoms with Crippen LogP contribution >= 0.6 is 35.3 Å². The van der Waals surface area contributed by atoms with Crippen molar-refractivity contribution in [2.24, 2.45) is 4.99 Å². The number of thiazole rings is 1. The molecule has 24 heavy (non-hydrogen) atoms. The highest BCUT2D eigenvalue weighted by molar-refractivity contribution is 14.0. The Labute approximate surface area is 165 Å². The van der Waals surface area contributed by atoms with Crippen LogP contribution in [0, 0.1) is 6.92 Å². The van der Waals surface area contributed by atoms with Crippen molar-refractivity contribution in [3.8, 4) is 0 Å². The highest BCUT2D eigenvalue weighted by Crippen LogP contribution is 2.13.